The van der Waals surface area contributed by atoms with E-state index in [9.17, 15) is 4.79 Å². The normalized spacial score (nSPS) is 14.7. The molecule has 3 aromatic heterocycles. The Morgan fingerprint density at radius 2 is 1.97 bits per heavy atom. The van der Waals surface area contributed by atoms with Crippen LogP contribution in [-0.4, -0.2) is 51.9 Å². The number of hydrogen-bond acceptors (Lipinski definition) is 6. The second-order valence-electron chi connectivity index (χ2n) is 7.54. The van der Waals surface area contributed by atoms with Crippen LogP contribution in [0.15, 0.2) is 54.7 Å². The van der Waals surface area contributed by atoms with Gasteiger partial charge in [0.25, 0.3) is 5.91 Å². The van der Waals surface area contributed by atoms with Crippen LogP contribution in [-0.2, 0) is 11.3 Å². The first-order chi connectivity index (χ1) is 15.2. The zero-order valence-corrected chi connectivity index (χ0v) is 18.1. The number of fused-ring (bicyclic) bond motifs is 1. The maximum atomic E-state index is 12.9. The van der Waals surface area contributed by atoms with Crippen molar-refractivity contribution < 1.29 is 9.53 Å². The molecule has 5 rings (SSSR count). The van der Waals surface area contributed by atoms with Gasteiger partial charge in [0.2, 0.25) is 0 Å². The van der Waals surface area contributed by atoms with E-state index in [0.29, 0.717) is 10.6 Å². The largest absolute Gasteiger partial charge is 0.379 e. The summed E-state index contributed by atoms with van der Waals surface area (Å²) >= 11 is 1.44. The smallest absolute Gasteiger partial charge is 0.265 e. The predicted octanol–water partition coefficient (Wildman–Crippen LogP) is 3.87. The monoisotopic (exact) mass is 433 g/mol. The quantitative estimate of drug-likeness (QED) is 0.517. The highest BCUT2D eigenvalue weighted by Crippen LogP contribution is 2.30. The van der Waals surface area contributed by atoms with Crippen molar-refractivity contribution in [1.82, 2.24) is 19.7 Å². The minimum atomic E-state index is -0.136. The fourth-order valence-electron chi connectivity index (χ4n) is 3.68. The summed E-state index contributed by atoms with van der Waals surface area (Å²) in [7, 11) is 0. The van der Waals surface area contributed by atoms with E-state index in [-0.39, 0.29) is 5.91 Å². The van der Waals surface area contributed by atoms with Gasteiger partial charge in [-0.15, -0.1) is 11.3 Å². The minimum Gasteiger partial charge on any atom is -0.379 e. The molecule has 31 heavy (non-hydrogen) atoms. The Morgan fingerprint density at radius 3 is 2.71 bits per heavy atom. The van der Waals surface area contributed by atoms with Gasteiger partial charge in [-0.25, -0.2) is 4.68 Å². The summed E-state index contributed by atoms with van der Waals surface area (Å²) in [6.45, 7) is 6.14. The molecule has 158 valence electrons. The van der Waals surface area contributed by atoms with Crippen molar-refractivity contribution in [2.24, 2.45) is 0 Å². The highest BCUT2D eigenvalue weighted by molar-refractivity contribution is 7.20. The number of nitrogens with one attached hydrogen (secondary N) is 1. The molecule has 0 unspecified atom stereocenters. The van der Waals surface area contributed by atoms with Gasteiger partial charge in [-0.3, -0.25) is 14.7 Å². The molecular weight excluding hydrogens is 410 g/mol. The van der Waals surface area contributed by atoms with Crippen LogP contribution >= 0.6 is 11.3 Å². The number of nitrogens with zero attached hydrogens (tertiary/aromatic N) is 4. The van der Waals surface area contributed by atoms with Crippen molar-refractivity contribution >= 4 is 33.1 Å². The summed E-state index contributed by atoms with van der Waals surface area (Å²) in [6.07, 6.45) is 1.72. The summed E-state index contributed by atoms with van der Waals surface area (Å²) in [5, 5.41) is 8.60. The molecule has 1 aliphatic heterocycles. The number of pyridine rings is 1. The molecule has 0 aliphatic carbocycles. The Hall–Kier alpha value is -3.07. The Kier molecular flexibility index (Phi) is 5.50. The van der Waals surface area contributed by atoms with E-state index in [1.165, 1.54) is 11.3 Å². The SMILES string of the molecule is Cc1nn(-c2ccccc2)c2sc(C(=O)Nc3ccc(CN4CCOCC4)nc3)cc12. The molecule has 0 saturated carbocycles. The van der Waals surface area contributed by atoms with E-state index < -0.39 is 0 Å². The van der Waals surface area contributed by atoms with E-state index in [1.807, 2.05) is 60.1 Å². The van der Waals surface area contributed by atoms with E-state index in [4.69, 9.17) is 4.74 Å². The molecule has 7 nitrogen and oxygen atoms in total. The zero-order valence-electron chi connectivity index (χ0n) is 17.2. The van der Waals surface area contributed by atoms with Gasteiger partial charge in [-0.1, -0.05) is 18.2 Å². The summed E-state index contributed by atoms with van der Waals surface area (Å²) in [5.74, 6) is -0.136. The van der Waals surface area contributed by atoms with Gasteiger partial charge >= 0.3 is 0 Å². The van der Waals surface area contributed by atoms with Crippen molar-refractivity contribution in [3.05, 3.63) is 71.0 Å². The number of aromatic nitrogens is 3. The van der Waals surface area contributed by atoms with Crippen molar-refractivity contribution in [2.75, 3.05) is 31.6 Å². The van der Waals surface area contributed by atoms with Crippen molar-refractivity contribution in [3.63, 3.8) is 0 Å². The van der Waals surface area contributed by atoms with Crippen molar-refractivity contribution in [3.8, 4) is 5.69 Å². The Labute approximate surface area is 184 Å². The van der Waals surface area contributed by atoms with Gasteiger partial charge in [-0.05, 0) is 37.3 Å². The number of aryl methyl sites for hydroxylation is 1. The van der Waals surface area contributed by atoms with Gasteiger partial charge in [0, 0.05) is 25.0 Å². The lowest BCUT2D eigenvalue weighted by Gasteiger charge is -2.26. The molecule has 0 spiro atoms. The highest BCUT2D eigenvalue weighted by Gasteiger charge is 2.17. The first kappa shape index (κ1) is 19.9. The fraction of sp³-hybridized carbons (Fsp3) is 0.261. The Balaban J connectivity index is 1.31. The lowest BCUT2D eigenvalue weighted by molar-refractivity contribution is 0.0336. The first-order valence-corrected chi connectivity index (χ1v) is 11.1. The summed E-state index contributed by atoms with van der Waals surface area (Å²) in [4.78, 5) is 21.3. The summed E-state index contributed by atoms with van der Waals surface area (Å²) in [6, 6.07) is 15.7. The molecule has 0 atom stereocenters. The molecule has 0 bridgehead atoms. The second-order valence-corrected chi connectivity index (χ2v) is 8.57. The number of carbonyl (C=O) groups excluding carboxylic acids is 1. The average Bonchev–Trinajstić information content (AvgIpc) is 3.37. The van der Waals surface area contributed by atoms with Gasteiger partial charge in [0.15, 0.2) is 0 Å². The van der Waals surface area contributed by atoms with Crippen LogP contribution in [0.4, 0.5) is 5.69 Å². The number of para-hydroxylation sites is 1. The first-order valence-electron chi connectivity index (χ1n) is 10.3. The number of benzene rings is 1. The number of morpholine rings is 1. The molecule has 1 N–H and O–H groups in total. The lowest BCUT2D eigenvalue weighted by atomic mass is 10.3. The van der Waals surface area contributed by atoms with Crippen LogP contribution in [0.5, 0.6) is 0 Å². The van der Waals surface area contributed by atoms with E-state index in [2.05, 4.69) is 20.3 Å². The molecule has 1 fully saturated rings. The molecule has 0 radical (unpaired) electrons. The number of amides is 1. The maximum Gasteiger partial charge on any atom is 0.265 e. The van der Waals surface area contributed by atoms with Crippen LogP contribution in [0.1, 0.15) is 21.1 Å². The van der Waals surface area contributed by atoms with E-state index in [1.54, 1.807) is 6.20 Å². The van der Waals surface area contributed by atoms with Crippen LogP contribution < -0.4 is 5.32 Å². The number of anilines is 1. The Bertz CT molecular complexity index is 1190. The average molecular weight is 434 g/mol. The number of hydrogen-bond donors (Lipinski definition) is 1. The third-order valence-corrected chi connectivity index (χ3v) is 6.45. The molecule has 1 amide bonds. The number of rotatable bonds is 5. The standard InChI is InChI=1S/C23H23N5O2S/c1-16-20-13-21(31-23(20)28(26-16)19-5-3-2-4-6-19)22(29)25-17-7-8-18(24-14-17)15-27-9-11-30-12-10-27/h2-8,13-14H,9-12,15H2,1H3,(H,25,29). The number of ether oxygens (including phenoxy) is 1. The third kappa shape index (κ3) is 4.23. The van der Waals surface area contributed by atoms with E-state index in [0.717, 1.165) is 60.1 Å². The van der Waals surface area contributed by atoms with Crippen molar-refractivity contribution in [2.45, 2.75) is 13.5 Å². The predicted molar refractivity (Wildman–Crippen MR) is 122 cm³/mol. The molecule has 1 saturated heterocycles. The molecule has 1 aliphatic rings. The maximum absolute atomic E-state index is 12.9. The molecule has 4 aromatic rings. The zero-order chi connectivity index (χ0) is 21.2. The van der Waals surface area contributed by atoms with Gasteiger partial charge < -0.3 is 10.1 Å². The summed E-state index contributed by atoms with van der Waals surface area (Å²) in [5.41, 5.74) is 3.56. The van der Waals surface area contributed by atoms with Crippen LogP contribution in [0, 0.1) is 6.92 Å². The van der Waals surface area contributed by atoms with Crippen LogP contribution in [0.25, 0.3) is 15.9 Å². The van der Waals surface area contributed by atoms with Gasteiger partial charge in [0.05, 0.1) is 47.1 Å². The highest BCUT2D eigenvalue weighted by atomic mass is 32.1. The third-order valence-electron chi connectivity index (χ3n) is 5.34. The second kappa shape index (κ2) is 8.58. The molecule has 4 heterocycles. The van der Waals surface area contributed by atoms with Crippen molar-refractivity contribution in [1.29, 1.82) is 0 Å². The van der Waals surface area contributed by atoms with Crippen LogP contribution in [0.3, 0.4) is 0 Å². The molecule has 1 aromatic carbocycles. The lowest BCUT2D eigenvalue weighted by Crippen LogP contribution is -2.35. The summed E-state index contributed by atoms with van der Waals surface area (Å²) < 4.78 is 7.28. The van der Waals surface area contributed by atoms with Crippen LogP contribution in [0.2, 0.25) is 0 Å². The van der Waals surface area contributed by atoms with Gasteiger partial charge in [0.1, 0.15) is 4.83 Å². The number of thiophene rings is 1. The van der Waals surface area contributed by atoms with Gasteiger partial charge in [-0.2, -0.15) is 5.10 Å². The fourth-order valence-corrected chi connectivity index (χ4v) is 4.75. The number of carbonyl (C=O) groups is 1. The molecular formula is C23H23N5O2S. The molecule has 8 heteroatoms. The topological polar surface area (TPSA) is 72.3 Å². The van der Waals surface area contributed by atoms with E-state index >= 15 is 0 Å². The minimum absolute atomic E-state index is 0.136. The Morgan fingerprint density at radius 1 is 1.16 bits per heavy atom.